The largest absolute Gasteiger partial charge is 0.336 e. The summed E-state index contributed by atoms with van der Waals surface area (Å²) < 4.78 is 0. The first-order chi connectivity index (χ1) is 9.72. The van der Waals surface area contributed by atoms with Gasteiger partial charge in [0.15, 0.2) is 0 Å². The molecule has 1 aliphatic heterocycles. The van der Waals surface area contributed by atoms with Crippen molar-refractivity contribution in [2.24, 2.45) is 0 Å². The van der Waals surface area contributed by atoms with Crippen molar-refractivity contribution >= 4 is 22.5 Å². The number of thiazole rings is 1. The van der Waals surface area contributed by atoms with Crippen LogP contribution in [0.4, 0.5) is 9.93 Å². The Kier molecular flexibility index (Phi) is 5.87. The predicted octanol–water partition coefficient (Wildman–Crippen LogP) is 2.34. The molecule has 3 rings (SSSR count). The van der Waals surface area contributed by atoms with E-state index in [1.54, 1.807) is 4.90 Å². The standard InChI is InChI=1S/C14H15N4OS.Y/c1-17-7-8-18(10-17)14(19)16-13-15-12(9-20-13)11-5-3-2-4-6-11;/h2-6H,7-8,10H2,1H3,(H,15,16,19);/q-1;. The van der Waals surface area contributed by atoms with Crippen LogP contribution in [0, 0.1) is 5.38 Å². The summed E-state index contributed by atoms with van der Waals surface area (Å²) in [5.41, 5.74) is 1.77. The average molecular weight is 376 g/mol. The van der Waals surface area contributed by atoms with Crippen molar-refractivity contribution in [3.63, 3.8) is 0 Å². The zero-order chi connectivity index (χ0) is 13.9. The monoisotopic (exact) mass is 376 g/mol. The maximum Gasteiger partial charge on any atom is 0.313 e. The van der Waals surface area contributed by atoms with E-state index in [0.29, 0.717) is 11.8 Å². The van der Waals surface area contributed by atoms with Crippen LogP contribution in [-0.4, -0.2) is 47.6 Å². The first-order valence-corrected chi connectivity index (χ1v) is 7.22. The summed E-state index contributed by atoms with van der Waals surface area (Å²) in [5, 5.41) is 6.53. The normalized spacial score (nSPS) is 14.8. The quantitative estimate of drug-likeness (QED) is 0.819. The van der Waals surface area contributed by atoms with Gasteiger partial charge in [-0.05, 0) is 12.7 Å². The van der Waals surface area contributed by atoms with Crippen LogP contribution in [0.2, 0.25) is 0 Å². The van der Waals surface area contributed by atoms with Crippen molar-refractivity contribution < 1.29 is 37.5 Å². The number of anilines is 1. The maximum absolute atomic E-state index is 12.0. The van der Waals surface area contributed by atoms with Gasteiger partial charge in [0, 0.05) is 45.8 Å². The Bertz CT molecular complexity index is 604. The minimum absolute atomic E-state index is 0. The van der Waals surface area contributed by atoms with Gasteiger partial charge in [0.25, 0.3) is 0 Å². The second kappa shape index (κ2) is 7.45. The first-order valence-electron chi connectivity index (χ1n) is 6.41. The Morgan fingerprint density at radius 2 is 2.10 bits per heavy atom. The van der Waals surface area contributed by atoms with Crippen LogP contribution in [0.1, 0.15) is 0 Å². The van der Waals surface area contributed by atoms with E-state index in [1.807, 2.05) is 37.4 Å². The molecule has 1 saturated heterocycles. The van der Waals surface area contributed by atoms with Gasteiger partial charge in [0.1, 0.15) is 0 Å². The number of hydrogen-bond acceptors (Lipinski definition) is 4. The van der Waals surface area contributed by atoms with E-state index in [9.17, 15) is 4.79 Å². The van der Waals surface area contributed by atoms with Gasteiger partial charge in [-0.3, -0.25) is 4.90 Å². The molecular formula is C14H15N4OSY-. The molecule has 2 aromatic rings. The van der Waals surface area contributed by atoms with E-state index in [2.05, 4.69) is 20.6 Å². The number of amides is 2. The van der Waals surface area contributed by atoms with E-state index in [0.717, 1.165) is 24.3 Å². The molecule has 1 aliphatic rings. The third kappa shape index (κ3) is 4.10. The van der Waals surface area contributed by atoms with E-state index in [4.69, 9.17) is 0 Å². The minimum Gasteiger partial charge on any atom is -0.336 e. The summed E-state index contributed by atoms with van der Waals surface area (Å²) in [6, 6.07) is 9.74. The van der Waals surface area contributed by atoms with E-state index in [1.165, 1.54) is 11.3 Å². The van der Waals surface area contributed by atoms with Gasteiger partial charge in [-0.15, -0.1) is 12.1 Å². The molecule has 7 heteroatoms. The van der Waals surface area contributed by atoms with Crippen LogP contribution in [0.25, 0.3) is 11.3 Å². The Labute approximate surface area is 153 Å². The zero-order valence-corrected chi connectivity index (χ0v) is 15.4. The fourth-order valence-electron chi connectivity index (χ4n) is 2.08. The number of hydrogen-bond donors (Lipinski definition) is 1. The SMILES string of the molecule is CN1CCN(C(=O)Nc2nc(-c3ccccc3)[c-]s2)C1.[Y]. The van der Waals surface area contributed by atoms with E-state index in [-0.39, 0.29) is 38.7 Å². The summed E-state index contributed by atoms with van der Waals surface area (Å²) in [5.74, 6) is 0. The van der Waals surface area contributed by atoms with Crippen LogP contribution in [0.3, 0.4) is 0 Å². The number of likely N-dealkylation sites (N-methyl/N-ethyl adjacent to an activating group) is 1. The molecule has 1 fully saturated rings. The van der Waals surface area contributed by atoms with E-state index >= 15 is 0 Å². The van der Waals surface area contributed by atoms with Crippen LogP contribution in [0.15, 0.2) is 30.3 Å². The number of nitrogens with zero attached hydrogens (tertiary/aromatic N) is 3. The second-order valence-corrected chi connectivity index (χ2v) is 5.55. The number of rotatable bonds is 2. The number of nitrogens with one attached hydrogen (secondary N) is 1. The Hall–Kier alpha value is -0.816. The summed E-state index contributed by atoms with van der Waals surface area (Å²) in [6.07, 6.45) is 0. The van der Waals surface area contributed by atoms with Gasteiger partial charge >= 0.3 is 6.03 Å². The van der Waals surface area contributed by atoms with Gasteiger partial charge < -0.3 is 15.2 Å². The minimum atomic E-state index is -0.100. The third-order valence-electron chi connectivity index (χ3n) is 3.17. The summed E-state index contributed by atoms with van der Waals surface area (Å²) in [4.78, 5) is 20.3. The molecule has 1 aromatic carbocycles. The number of aromatic nitrogens is 1. The first kappa shape index (κ1) is 16.6. The Balaban J connectivity index is 0.00000161. The fraction of sp³-hybridized carbons (Fsp3) is 0.286. The van der Waals surface area contributed by atoms with Crippen LogP contribution >= 0.6 is 11.3 Å². The second-order valence-electron chi connectivity index (χ2n) is 4.75. The smallest absolute Gasteiger partial charge is 0.313 e. The Morgan fingerprint density at radius 3 is 2.76 bits per heavy atom. The third-order valence-corrected chi connectivity index (χ3v) is 3.85. The van der Waals surface area contributed by atoms with Crippen molar-refractivity contribution in [1.29, 1.82) is 0 Å². The predicted molar refractivity (Wildman–Crippen MR) is 79.6 cm³/mol. The van der Waals surface area contributed by atoms with Gasteiger partial charge in [0.05, 0.1) is 11.8 Å². The molecular weight excluding hydrogens is 361 g/mol. The van der Waals surface area contributed by atoms with Crippen molar-refractivity contribution in [3.05, 3.63) is 35.7 Å². The van der Waals surface area contributed by atoms with E-state index < -0.39 is 0 Å². The van der Waals surface area contributed by atoms with Crippen molar-refractivity contribution in [2.75, 3.05) is 32.1 Å². The molecule has 0 atom stereocenters. The average Bonchev–Trinajstić information content (AvgIpc) is 3.09. The molecule has 2 heterocycles. The molecule has 0 unspecified atom stereocenters. The molecule has 0 saturated carbocycles. The fourth-order valence-corrected chi connectivity index (χ4v) is 2.71. The van der Waals surface area contributed by atoms with Crippen molar-refractivity contribution in [3.8, 4) is 11.3 Å². The molecule has 0 aliphatic carbocycles. The molecule has 5 nitrogen and oxygen atoms in total. The summed E-state index contributed by atoms with van der Waals surface area (Å²) in [6.45, 7) is 2.32. The van der Waals surface area contributed by atoms with Gasteiger partial charge in [-0.2, -0.15) is 0 Å². The maximum atomic E-state index is 12.0. The summed E-state index contributed by atoms with van der Waals surface area (Å²) in [7, 11) is 2.00. The van der Waals surface area contributed by atoms with Gasteiger partial charge in [0.2, 0.25) is 0 Å². The molecule has 1 aromatic heterocycles. The van der Waals surface area contributed by atoms with Gasteiger partial charge in [-0.1, -0.05) is 29.1 Å². The number of carbonyl (C=O) groups excluding carboxylic acids is 1. The van der Waals surface area contributed by atoms with Crippen molar-refractivity contribution in [2.45, 2.75) is 0 Å². The molecule has 0 spiro atoms. The summed E-state index contributed by atoms with van der Waals surface area (Å²) >= 11 is 1.32. The molecule has 21 heavy (non-hydrogen) atoms. The number of benzene rings is 1. The number of urea groups is 1. The molecule has 1 radical (unpaired) electrons. The van der Waals surface area contributed by atoms with Crippen LogP contribution in [-0.2, 0) is 32.7 Å². The van der Waals surface area contributed by atoms with Crippen LogP contribution < -0.4 is 5.32 Å². The van der Waals surface area contributed by atoms with Crippen LogP contribution in [0.5, 0.6) is 0 Å². The zero-order valence-electron chi connectivity index (χ0n) is 11.7. The molecule has 1 N–H and O–H groups in total. The number of carbonyl (C=O) groups is 1. The van der Waals surface area contributed by atoms with Gasteiger partial charge in [-0.25, -0.2) is 16.1 Å². The van der Waals surface area contributed by atoms with Crippen molar-refractivity contribution in [1.82, 2.24) is 14.8 Å². The topological polar surface area (TPSA) is 48.5 Å². The molecule has 0 bridgehead atoms. The Morgan fingerprint density at radius 1 is 1.33 bits per heavy atom. The molecule has 2 amide bonds. The molecule has 107 valence electrons.